The Kier molecular flexibility index (Phi) is 4.04. The van der Waals surface area contributed by atoms with E-state index in [-0.39, 0.29) is 0 Å². The van der Waals surface area contributed by atoms with Crippen LogP contribution in [0.25, 0.3) is 0 Å². The standard InChI is InChI=1S/C16H26N2O/c1-12-8-13(2)15(14(9-12)19-5)18(4)11-16(6-7-16)10-17-3/h8-9,17H,6-7,10-11H2,1-5H3. The van der Waals surface area contributed by atoms with Crippen LogP contribution in [0.2, 0.25) is 0 Å². The average molecular weight is 262 g/mol. The third-order valence-electron chi connectivity index (χ3n) is 4.09. The molecule has 0 heterocycles. The van der Waals surface area contributed by atoms with Crippen molar-refractivity contribution in [2.45, 2.75) is 26.7 Å². The predicted molar refractivity (Wildman–Crippen MR) is 81.3 cm³/mol. The number of rotatable bonds is 6. The first-order chi connectivity index (χ1) is 9.01. The van der Waals surface area contributed by atoms with E-state index >= 15 is 0 Å². The van der Waals surface area contributed by atoms with E-state index in [9.17, 15) is 0 Å². The highest BCUT2D eigenvalue weighted by atomic mass is 16.5. The second kappa shape index (κ2) is 5.41. The molecule has 1 aromatic rings. The van der Waals surface area contributed by atoms with Crippen molar-refractivity contribution in [1.29, 1.82) is 0 Å². The number of aryl methyl sites for hydroxylation is 2. The van der Waals surface area contributed by atoms with Gasteiger partial charge in [0, 0.05) is 25.6 Å². The fourth-order valence-electron chi connectivity index (χ4n) is 3.09. The van der Waals surface area contributed by atoms with Gasteiger partial charge in [0.15, 0.2) is 0 Å². The molecule has 0 bridgehead atoms. The lowest BCUT2D eigenvalue weighted by molar-refractivity contribution is 0.411. The van der Waals surface area contributed by atoms with Gasteiger partial charge >= 0.3 is 0 Å². The fraction of sp³-hybridized carbons (Fsp3) is 0.625. The van der Waals surface area contributed by atoms with Crippen LogP contribution in [0.5, 0.6) is 5.75 Å². The van der Waals surface area contributed by atoms with Gasteiger partial charge in [0.2, 0.25) is 0 Å². The molecule has 0 spiro atoms. The Morgan fingerprint density at radius 1 is 1.32 bits per heavy atom. The highest BCUT2D eigenvalue weighted by molar-refractivity contribution is 5.64. The molecule has 1 aliphatic rings. The maximum absolute atomic E-state index is 5.57. The largest absolute Gasteiger partial charge is 0.495 e. The Balaban J connectivity index is 2.21. The zero-order valence-corrected chi connectivity index (χ0v) is 12.8. The molecule has 0 amide bonds. The molecule has 1 saturated carbocycles. The summed E-state index contributed by atoms with van der Waals surface area (Å²) >= 11 is 0. The van der Waals surface area contributed by atoms with Gasteiger partial charge in [-0.3, -0.25) is 0 Å². The second-order valence-corrected chi connectivity index (χ2v) is 6.02. The van der Waals surface area contributed by atoms with Gasteiger partial charge in [-0.15, -0.1) is 0 Å². The number of nitrogens with one attached hydrogen (secondary N) is 1. The van der Waals surface area contributed by atoms with Crippen LogP contribution in [0.3, 0.4) is 0 Å². The fourth-order valence-corrected chi connectivity index (χ4v) is 3.09. The van der Waals surface area contributed by atoms with Crippen molar-refractivity contribution in [2.24, 2.45) is 5.41 Å². The topological polar surface area (TPSA) is 24.5 Å². The quantitative estimate of drug-likeness (QED) is 0.853. The average Bonchev–Trinajstić information content (AvgIpc) is 3.07. The molecule has 0 saturated heterocycles. The molecule has 1 fully saturated rings. The Morgan fingerprint density at radius 2 is 2.00 bits per heavy atom. The van der Waals surface area contributed by atoms with Crippen molar-refractivity contribution in [3.8, 4) is 5.75 Å². The molecular weight excluding hydrogens is 236 g/mol. The molecule has 0 aromatic heterocycles. The van der Waals surface area contributed by atoms with E-state index in [0.717, 1.165) is 18.8 Å². The van der Waals surface area contributed by atoms with Crippen molar-refractivity contribution in [3.63, 3.8) is 0 Å². The van der Waals surface area contributed by atoms with Gasteiger partial charge in [-0.1, -0.05) is 6.07 Å². The van der Waals surface area contributed by atoms with Crippen LogP contribution in [-0.2, 0) is 0 Å². The van der Waals surface area contributed by atoms with E-state index in [0.29, 0.717) is 5.41 Å². The highest BCUT2D eigenvalue weighted by Crippen LogP contribution is 2.47. The minimum absolute atomic E-state index is 0.464. The van der Waals surface area contributed by atoms with Crippen molar-refractivity contribution in [1.82, 2.24) is 5.32 Å². The minimum atomic E-state index is 0.464. The molecule has 3 nitrogen and oxygen atoms in total. The maximum Gasteiger partial charge on any atom is 0.142 e. The summed E-state index contributed by atoms with van der Waals surface area (Å²) in [5.41, 5.74) is 4.24. The van der Waals surface area contributed by atoms with E-state index in [1.54, 1.807) is 7.11 Å². The third kappa shape index (κ3) is 3.03. The van der Waals surface area contributed by atoms with Crippen LogP contribution in [0.15, 0.2) is 12.1 Å². The summed E-state index contributed by atoms with van der Waals surface area (Å²) in [6.07, 6.45) is 2.65. The number of nitrogens with zero attached hydrogens (tertiary/aromatic N) is 1. The second-order valence-electron chi connectivity index (χ2n) is 6.02. The van der Waals surface area contributed by atoms with Gasteiger partial charge in [-0.2, -0.15) is 0 Å². The van der Waals surface area contributed by atoms with Crippen molar-refractivity contribution in [2.75, 3.05) is 39.2 Å². The van der Waals surface area contributed by atoms with Gasteiger partial charge in [-0.05, 0) is 50.9 Å². The van der Waals surface area contributed by atoms with Gasteiger partial charge in [0.25, 0.3) is 0 Å². The smallest absolute Gasteiger partial charge is 0.142 e. The number of anilines is 1. The van der Waals surface area contributed by atoms with Crippen LogP contribution in [0.1, 0.15) is 24.0 Å². The summed E-state index contributed by atoms with van der Waals surface area (Å²) < 4.78 is 5.57. The number of hydrogen-bond donors (Lipinski definition) is 1. The number of hydrogen-bond acceptors (Lipinski definition) is 3. The summed E-state index contributed by atoms with van der Waals surface area (Å²) in [6, 6.07) is 4.35. The maximum atomic E-state index is 5.57. The van der Waals surface area contributed by atoms with Crippen LogP contribution in [-0.4, -0.2) is 34.3 Å². The minimum Gasteiger partial charge on any atom is -0.495 e. The first kappa shape index (κ1) is 14.2. The molecule has 106 valence electrons. The monoisotopic (exact) mass is 262 g/mol. The lowest BCUT2D eigenvalue weighted by Crippen LogP contribution is -2.33. The zero-order valence-electron chi connectivity index (χ0n) is 12.8. The Morgan fingerprint density at radius 3 is 2.53 bits per heavy atom. The molecule has 1 aliphatic carbocycles. The van der Waals surface area contributed by atoms with Crippen molar-refractivity contribution in [3.05, 3.63) is 23.3 Å². The summed E-state index contributed by atoms with van der Waals surface area (Å²) in [5.74, 6) is 0.986. The predicted octanol–water partition coefficient (Wildman–Crippen LogP) is 2.75. The van der Waals surface area contributed by atoms with Crippen LogP contribution in [0.4, 0.5) is 5.69 Å². The molecule has 19 heavy (non-hydrogen) atoms. The molecule has 1 aromatic carbocycles. The zero-order chi connectivity index (χ0) is 14.0. The van der Waals surface area contributed by atoms with Crippen LogP contribution >= 0.6 is 0 Å². The summed E-state index contributed by atoms with van der Waals surface area (Å²) in [7, 11) is 5.97. The number of methoxy groups -OCH3 is 1. The molecule has 3 heteroatoms. The number of benzene rings is 1. The van der Waals surface area contributed by atoms with Gasteiger partial charge in [0.1, 0.15) is 5.75 Å². The highest BCUT2D eigenvalue weighted by Gasteiger charge is 2.43. The van der Waals surface area contributed by atoms with Crippen LogP contribution < -0.4 is 15.0 Å². The molecule has 0 aliphatic heterocycles. The lowest BCUT2D eigenvalue weighted by Gasteiger charge is -2.28. The molecule has 0 atom stereocenters. The first-order valence-corrected chi connectivity index (χ1v) is 7.02. The van der Waals surface area contributed by atoms with Gasteiger partial charge in [0.05, 0.1) is 12.8 Å². The molecule has 1 N–H and O–H groups in total. The molecule has 0 unspecified atom stereocenters. The molecular formula is C16H26N2O. The van der Waals surface area contributed by atoms with Crippen molar-refractivity contribution < 1.29 is 4.74 Å². The Hall–Kier alpha value is -1.22. The first-order valence-electron chi connectivity index (χ1n) is 7.02. The summed E-state index contributed by atoms with van der Waals surface area (Å²) in [6.45, 7) is 6.47. The van der Waals surface area contributed by atoms with E-state index in [1.807, 2.05) is 7.05 Å². The Labute approximate surface area is 116 Å². The molecule has 2 rings (SSSR count). The van der Waals surface area contributed by atoms with E-state index in [1.165, 1.54) is 29.7 Å². The van der Waals surface area contributed by atoms with Gasteiger partial charge < -0.3 is 15.0 Å². The van der Waals surface area contributed by atoms with E-state index in [4.69, 9.17) is 4.74 Å². The molecule has 0 radical (unpaired) electrons. The van der Waals surface area contributed by atoms with Crippen LogP contribution in [0, 0.1) is 19.3 Å². The lowest BCUT2D eigenvalue weighted by atomic mass is 10.0. The third-order valence-corrected chi connectivity index (χ3v) is 4.09. The van der Waals surface area contributed by atoms with E-state index in [2.05, 4.69) is 43.2 Å². The Bertz CT molecular complexity index is 452. The van der Waals surface area contributed by atoms with Gasteiger partial charge in [-0.25, -0.2) is 0 Å². The summed E-state index contributed by atoms with van der Waals surface area (Å²) in [5, 5.41) is 3.32. The normalized spacial score (nSPS) is 16.3. The summed E-state index contributed by atoms with van der Waals surface area (Å²) in [4.78, 5) is 2.36. The van der Waals surface area contributed by atoms with E-state index < -0.39 is 0 Å². The number of ether oxygens (including phenoxy) is 1. The van der Waals surface area contributed by atoms with Crippen molar-refractivity contribution >= 4 is 5.69 Å². The SMILES string of the molecule is CNCC1(CN(C)c2c(C)cc(C)cc2OC)CC1.